The molecule has 0 spiro atoms. The van der Waals surface area contributed by atoms with Crippen molar-refractivity contribution in [1.29, 1.82) is 0 Å². The molecule has 5 nitrogen and oxygen atoms in total. The van der Waals surface area contributed by atoms with Crippen LogP contribution in [0.25, 0.3) is 5.70 Å². The lowest BCUT2D eigenvalue weighted by Crippen LogP contribution is -2.36. The van der Waals surface area contributed by atoms with E-state index in [-0.39, 0.29) is 24.6 Å². The molecule has 0 bridgehead atoms. The fourth-order valence-corrected chi connectivity index (χ4v) is 3.58. The van der Waals surface area contributed by atoms with E-state index in [1.807, 2.05) is 13.8 Å². The molecule has 0 amide bonds. The van der Waals surface area contributed by atoms with Crippen LogP contribution < -0.4 is 0 Å². The van der Waals surface area contributed by atoms with Gasteiger partial charge in [0.15, 0.2) is 0 Å². The molecule has 1 unspecified atom stereocenters. The molecule has 3 rings (SSSR count). The summed E-state index contributed by atoms with van der Waals surface area (Å²) in [6.45, 7) is 3.78. The number of halogens is 3. The topological polar surface area (TPSA) is 62.1 Å². The summed E-state index contributed by atoms with van der Waals surface area (Å²) in [7, 11) is 1.22. The van der Waals surface area contributed by atoms with Crippen molar-refractivity contribution in [2.45, 2.75) is 38.8 Å². The van der Waals surface area contributed by atoms with Gasteiger partial charge in [0, 0.05) is 24.1 Å². The van der Waals surface area contributed by atoms with Crippen LogP contribution in [0.2, 0.25) is 0 Å². The second-order valence-electron chi connectivity index (χ2n) is 8.23. The number of ether oxygens (including phenoxy) is 1. The van der Waals surface area contributed by atoms with E-state index in [2.05, 4.69) is 4.74 Å². The van der Waals surface area contributed by atoms with Crippen LogP contribution in [0, 0.1) is 17.6 Å². The molecule has 8 heteroatoms. The van der Waals surface area contributed by atoms with Gasteiger partial charge in [-0.05, 0) is 54.5 Å². The quantitative estimate of drug-likeness (QED) is 0.513. The summed E-state index contributed by atoms with van der Waals surface area (Å²) in [6.07, 6.45) is 1.14. The van der Waals surface area contributed by atoms with Gasteiger partial charge in [-0.1, -0.05) is 26.0 Å². The van der Waals surface area contributed by atoms with Crippen molar-refractivity contribution < 1.29 is 27.8 Å². The molecule has 0 saturated heterocycles. The minimum atomic E-state index is -1.51. The maximum atomic E-state index is 15.0. The predicted octanol–water partition coefficient (Wildman–Crippen LogP) is 5.54. The lowest BCUT2D eigenvalue weighted by molar-refractivity contribution is -0.141. The third-order valence-corrected chi connectivity index (χ3v) is 5.41. The minimum Gasteiger partial charge on any atom is -0.469 e. The number of rotatable bonds is 8. The van der Waals surface area contributed by atoms with Crippen LogP contribution in [-0.2, 0) is 9.53 Å². The Labute approximate surface area is 196 Å². The van der Waals surface area contributed by atoms with E-state index < -0.39 is 29.8 Å². The van der Waals surface area contributed by atoms with Gasteiger partial charge in [-0.2, -0.15) is 0 Å². The van der Waals surface area contributed by atoms with E-state index in [0.717, 1.165) is 6.20 Å². The molecule has 1 aliphatic heterocycles. The number of aliphatic hydroxyl groups excluding tert-OH is 1. The van der Waals surface area contributed by atoms with Crippen molar-refractivity contribution >= 4 is 17.5 Å². The number of benzene rings is 2. The van der Waals surface area contributed by atoms with Crippen molar-refractivity contribution in [2.75, 3.05) is 7.11 Å². The molecule has 1 N–H and O–H groups in total. The zero-order valence-corrected chi connectivity index (χ0v) is 19.2. The van der Waals surface area contributed by atoms with E-state index in [0.29, 0.717) is 22.7 Å². The number of hydrogen-bond acceptors (Lipinski definition) is 5. The molecule has 34 heavy (non-hydrogen) atoms. The molecule has 0 saturated carbocycles. The summed E-state index contributed by atoms with van der Waals surface area (Å²) in [4.78, 5) is 17.6. The smallest absolute Gasteiger partial charge is 0.305 e. The molecule has 0 fully saturated rings. The SMILES string of the molecule is COC(=O)CC[C@H](O)/C(F)=C/N1C(C(C)C)=NC(c2ccc(F)cc2)=CC1c1ccc(F)cc1. The Balaban J connectivity index is 2.04. The first kappa shape index (κ1) is 25.2. The molecule has 0 aromatic heterocycles. The summed E-state index contributed by atoms with van der Waals surface area (Å²) in [6, 6.07) is 11.1. The van der Waals surface area contributed by atoms with Gasteiger partial charge in [0.1, 0.15) is 29.4 Å². The maximum absolute atomic E-state index is 15.0. The lowest BCUT2D eigenvalue weighted by atomic mass is 9.97. The van der Waals surface area contributed by atoms with Gasteiger partial charge >= 0.3 is 5.97 Å². The predicted molar refractivity (Wildman–Crippen MR) is 124 cm³/mol. The van der Waals surface area contributed by atoms with E-state index in [9.17, 15) is 18.7 Å². The minimum absolute atomic E-state index is 0.139. The summed E-state index contributed by atoms with van der Waals surface area (Å²) in [5, 5.41) is 10.2. The zero-order chi connectivity index (χ0) is 24.8. The maximum Gasteiger partial charge on any atom is 0.305 e. The first-order valence-electron chi connectivity index (χ1n) is 10.9. The third kappa shape index (κ3) is 6.14. The average molecular weight is 473 g/mol. The van der Waals surface area contributed by atoms with E-state index >= 15 is 4.39 Å². The number of aliphatic imine (C=N–C) groups is 1. The molecular formula is C26H27F3N2O3. The van der Waals surface area contributed by atoms with Gasteiger partial charge in [0.25, 0.3) is 0 Å². The Kier molecular flexibility index (Phi) is 8.28. The summed E-state index contributed by atoms with van der Waals surface area (Å²) >= 11 is 0. The number of esters is 1. The fraction of sp³-hybridized carbons (Fsp3) is 0.308. The number of carbonyl (C=O) groups excluding carboxylic acids is 1. The molecule has 2 atom stereocenters. The number of aliphatic hydroxyl groups is 1. The van der Waals surface area contributed by atoms with E-state index in [1.54, 1.807) is 35.2 Å². The summed E-state index contributed by atoms with van der Waals surface area (Å²) in [5.41, 5.74) is 1.91. The standard InChI is InChI=1S/C26H27F3N2O3/c1-16(2)26-30-22(17-4-8-19(27)9-5-17)14-23(18-6-10-20(28)11-7-18)31(26)15-21(29)24(32)12-13-25(33)34-3/h4-11,14-16,23-24,32H,12-13H2,1-3H3/b21-15-/t23?,24-/m0/s1. The molecule has 1 heterocycles. The van der Waals surface area contributed by atoms with Crippen molar-refractivity contribution in [3.05, 3.63) is 89.4 Å². The number of methoxy groups -OCH3 is 1. The normalized spacial score (nSPS) is 17.4. The van der Waals surface area contributed by atoms with Crippen LogP contribution in [0.1, 0.15) is 43.9 Å². The van der Waals surface area contributed by atoms with Crippen LogP contribution in [0.5, 0.6) is 0 Å². The Morgan fingerprint density at radius 1 is 1.12 bits per heavy atom. The summed E-state index contributed by atoms with van der Waals surface area (Å²) in [5.74, 6) is -1.83. The highest BCUT2D eigenvalue weighted by atomic mass is 19.1. The van der Waals surface area contributed by atoms with Crippen LogP contribution in [0.3, 0.4) is 0 Å². The van der Waals surface area contributed by atoms with Crippen LogP contribution in [-0.4, -0.2) is 35.0 Å². The fourth-order valence-electron chi connectivity index (χ4n) is 3.58. The number of hydrogen-bond donors (Lipinski definition) is 1. The molecule has 2 aromatic carbocycles. The molecular weight excluding hydrogens is 445 g/mol. The van der Waals surface area contributed by atoms with Gasteiger partial charge in [-0.15, -0.1) is 0 Å². The van der Waals surface area contributed by atoms with Gasteiger partial charge in [0.2, 0.25) is 0 Å². The van der Waals surface area contributed by atoms with E-state index in [1.165, 1.54) is 31.4 Å². The molecule has 180 valence electrons. The number of carbonyl (C=O) groups is 1. The van der Waals surface area contributed by atoms with Crippen molar-refractivity contribution in [3.8, 4) is 0 Å². The van der Waals surface area contributed by atoms with Crippen LogP contribution in [0.4, 0.5) is 13.2 Å². The molecule has 0 aliphatic carbocycles. The monoisotopic (exact) mass is 472 g/mol. The average Bonchev–Trinajstić information content (AvgIpc) is 2.83. The zero-order valence-electron chi connectivity index (χ0n) is 19.2. The molecule has 1 aliphatic rings. The Morgan fingerprint density at radius 2 is 1.71 bits per heavy atom. The first-order valence-corrected chi connectivity index (χ1v) is 10.9. The Morgan fingerprint density at radius 3 is 2.26 bits per heavy atom. The Bertz CT molecular complexity index is 1090. The molecule has 2 aromatic rings. The van der Waals surface area contributed by atoms with Crippen LogP contribution in [0.15, 0.2) is 71.6 Å². The first-order chi connectivity index (χ1) is 16.2. The third-order valence-electron chi connectivity index (χ3n) is 5.41. The second kappa shape index (κ2) is 11.2. The van der Waals surface area contributed by atoms with E-state index in [4.69, 9.17) is 4.99 Å². The van der Waals surface area contributed by atoms with Crippen molar-refractivity contribution in [3.63, 3.8) is 0 Å². The Hall–Kier alpha value is -3.39. The van der Waals surface area contributed by atoms with Gasteiger partial charge < -0.3 is 14.7 Å². The second-order valence-corrected chi connectivity index (χ2v) is 8.23. The number of amidine groups is 1. The highest BCUT2D eigenvalue weighted by molar-refractivity contribution is 5.93. The van der Waals surface area contributed by atoms with Crippen molar-refractivity contribution in [2.24, 2.45) is 10.9 Å². The highest BCUT2D eigenvalue weighted by Gasteiger charge is 2.29. The number of nitrogens with zero attached hydrogens (tertiary/aromatic N) is 2. The van der Waals surface area contributed by atoms with Crippen molar-refractivity contribution in [1.82, 2.24) is 4.90 Å². The van der Waals surface area contributed by atoms with Gasteiger partial charge in [-0.3, -0.25) is 4.79 Å². The van der Waals surface area contributed by atoms with Gasteiger partial charge in [-0.25, -0.2) is 18.2 Å². The van der Waals surface area contributed by atoms with Crippen LogP contribution >= 0.6 is 0 Å². The largest absolute Gasteiger partial charge is 0.469 e. The van der Waals surface area contributed by atoms with Gasteiger partial charge in [0.05, 0.1) is 18.8 Å². The lowest BCUT2D eigenvalue weighted by Gasteiger charge is -2.36. The molecule has 0 radical (unpaired) electrons. The highest BCUT2D eigenvalue weighted by Crippen LogP contribution is 2.35. The summed E-state index contributed by atoms with van der Waals surface area (Å²) < 4.78 is 46.6.